The maximum Gasteiger partial charge on any atom is 0.263 e. The highest BCUT2D eigenvalue weighted by molar-refractivity contribution is 7.15. The van der Waals surface area contributed by atoms with E-state index in [1.54, 1.807) is 37.5 Å². The Balaban J connectivity index is 1.48. The molecule has 1 unspecified atom stereocenters. The Morgan fingerprint density at radius 1 is 1.19 bits per heavy atom. The summed E-state index contributed by atoms with van der Waals surface area (Å²) in [4.78, 5) is 26.4. The topological polar surface area (TPSA) is 100 Å². The van der Waals surface area contributed by atoms with Crippen LogP contribution in [0.4, 0.5) is 14.7 Å². The number of carbonyl (C=O) groups is 1. The van der Waals surface area contributed by atoms with Gasteiger partial charge < -0.3 is 15.7 Å². The van der Waals surface area contributed by atoms with Gasteiger partial charge in [0.15, 0.2) is 0 Å². The highest BCUT2D eigenvalue weighted by Crippen LogP contribution is 2.33. The number of aromatic nitrogens is 3. The van der Waals surface area contributed by atoms with Crippen LogP contribution in [0.5, 0.6) is 0 Å². The number of hydrogen-bond acceptors (Lipinski definition) is 7. The molecule has 3 N–H and O–H groups in total. The SMILES string of the molecule is C[C@H](Nc1nccc([C@@H]2C(=O)NCC2[C@@H](C)O)n1)c1cnc(-c2ccc(C(F)F)cc2)s1. The van der Waals surface area contributed by atoms with Crippen LogP contribution >= 0.6 is 11.3 Å². The van der Waals surface area contributed by atoms with E-state index in [1.807, 2.05) is 6.92 Å². The van der Waals surface area contributed by atoms with Crippen molar-refractivity contribution in [3.8, 4) is 10.6 Å². The smallest absolute Gasteiger partial charge is 0.263 e. The van der Waals surface area contributed by atoms with Crippen molar-refractivity contribution in [3.63, 3.8) is 0 Å². The molecule has 10 heteroatoms. The lowest BCUT2D eigenvalue weighted by molar-refractivity contribution is -0.121. The molecule has 1 amide bonds. The molecule has 168 valence electrons. The minimum absolute atomic E-state index is 0.0219. The summed E-state index contributed by atoms with van der Waals surface area (Å²) < 4.78 is 25.5. The number of nitrogens with zero attached hydrogens (tertiary/aromatic N) is 3. The number of aliphatic hydroxyl groups is 1. The molecule has 7 nitrogen and oxygen atoms in total. The first-order valence-electron chi connectivity index (χ1n) is 10.2. The molecular formula is C22H23F2N5O2S. The molecule has 0 aliphatic carbocycles. The fourth-order valence-electron chi connectivity index (χ4n) is 3.72. The summed E-state index contributed by atoms with van der Waals surface area (Å²) in [7, 11) is 0. The normalized spacial score (nSPS) is 20.2. The number of anilines is 1. The van der Waals surface area contributed by atoms with Gasteiger partial charge in [0, 0.05) is 40.9 Å². The molecular weight excluding hydrogens is 436 g/mol. The second-order valence-electron chi connectivity index (χ2n) is 7.79. The van der Waals surface area contributed by atoms with Gasteiger partial charge in [0.25, 0.3) is 6.43 Å². The Hall–Kier alpha value is -2.98. The number of amides is 1. The lowest BCUT2D eigenvalue weighted by Gasteiger charge is -2.19. The van der Waals surface area contributed by atoms with Gasteiger partial charge in [-0.3, -0.25) is 4.79 Å². The summed E-state index contributed by atoms with van der Waals surface area (Å²) in [6, 6.07) is 7.61. The standard InChI is InChI=1S/C22H23F2N5O2S/c1-11(17-10-27-21(32-17)14-5-3-13(4-6-14)19(23)24)28-22-25-8-7-16(29-22)18-15(12(2)30)9-26-20(18)31/h3-8,10-12,15,18-19,30H,9H2,1-2H3,(H,26,31)(H,25,28,29)/t11-,12+,15?,18+/m0/s1. The van der Waals surface area contributed by atoms with Gasteiger partial charge in [-0.2, -0.15) is 0 Å². The average Bonchev–Trinajstić information content (AvgIpc) is 3.41. The monoisotopic (exact) mass is 459 g/mol. The maximum atomic E-state index is 12.8. The molecule has 1 aromatic carbocycles. The summed E-state index contributed by atoms with van der Waals surface area (Å²) >= 11 is 1.45. The molecule has 3 heterocycles. The summed E-state index contributed by atoms with van der Waals surface area (Å²) in [6.45, 7) is 4.02. The Morgan fingerprint density at radius 2 is 1.94 bits per heavy atom. The van der Waals surface area contributed by atoms with Crippen molar-refractivity contribution in [2.45, 2.75) is 38.3 Å². The number of alkyl halides is 2. The number of carbonyl (C=O) groups excluding carboxylic acids is 1. The molecule has 4 rings (SSSR count). The molecule has 1 aliphatic rings. The molecule has 1 fully saturated rings. The number of hydrogen-bond donors (Lipinski definition) is 3. The van der Waals surface area contributed by atoms with Crippen LogP contribution in [-0.2, 0) is 4.79 Å². The molecule has 0 radical (unpaired) electrons. The highest BCUT2D eigenvalue weighted by Gasteiger charge is 2.39. The minimum Gasteiger partial charge on any atom is -0.393 e. The van der Waals surface area contributed by atoms with Gasteiger partial charge in [-0.05, 0) is 19.9 Å². The second kappa shape index (κ2) is 9.25. The molecule has 1 aliphatic heterocycles. The molecule has 32 heavy (non-hydrogen) atoms. The highest BCUT2D eigenvalue weighted by atomic mass is 32.1. The molecule has 0 saturated carbocycles. The first-order valence-corrected chi connectivity index (χ1v) is 11.0. The van der Waals surface area contributed by atoms with Crippen LogP contribution in [0.1, 0.15) is 48.4 Å². The Labute approximate surface area is 188 Å². The third-order valence-corrected chi connectivity index (χ3v) is 6.77. The van der Waals surface area contributed by atoms with Crippen molar-refractivity contribution in [1.82, 2.24) is 20.3 Å². The van der Waals surface area contributed by atoms with Crippen LogP contribution < -0.4 is 10.6 Å². The van der Waals surface area contributed by atoms with Gasteiger partial charge >= 0.3 is 0 Å². The van der Waals surface area contributed by atoms with E-state index in [1.165, 1.54) is 23.5 Å². The second-order valence-corrected chi connectivity index (χ2v) is 8.85. The average molecular weight is 460 g/mol. The van der Waals surface area contributed by atoms with Crippen LogP contribution in [0, 0.1) is 5.92 Å². The van der Waals surface area contributed by atoms with Crippen molar-refractivity contribution in [2.75, 3.05) is 11.9 Å². The third kappa shape index (κ3) is 4.61. The summed E-state index contributed by atoms with van der Waals surface area (Å²) in [5.74, 6) is -0.558. The predicted octanol–water partition coefficient (Wildman–Crippen LogP) is 3.92. The fraction of sp³-hybridized carbons (Fsp3) is 0.364. The number of benzene rings is 1. The van der Waals surface area contributed by atoms with E-state index >= 15 is 0 Å². The van der Waals surface area contributed by atoms with Gasteiger partial charge in [0.05, 0.1) is 23.8 Å². The number of aliphatic hydroxyl groups excluding tert-OH is 1. The number of rotatable bonds is 7. The van der Waals surface area contributed by atoms with Crippen LogP contribution in [0.3, 0.4) is 0 Å². The van der Waals surface area contributed by atoms with Gasteiger partial charge in [0.2, 0.25) is 11.9 Å². The van der Waals surface area contributed by atoms with E-state index in [0.29, 0.717) is 18.2 Å². The molecule has 0 bridgehead atoms. The van der Waals surface area contributed by atoms with E-state index in [4.69, 9.17) is 0 Å². The van der Waals surface area contributed by atoms with Gasteiger partial charge in [0.1, 0.15) is 5.01 Å². The van der Waals surface area contributed by atoms with Crippen LogP contribution in [0.2, 0.25) is 0 Å². The molecule has 1 saturated heterocycles. The third-order valence-electron chi connectivity index (χ3n) is 5.54. The quantitative estimate of drug-likeness (QED) is 0.495. The van der Waals surface area contributed by atoms with Gasteiger partial charge in [-0.1, -0.05) is 24.3 Å². The maximum absolute atomic E-state index is 12.8. The van der Waals surface area contributed by atoms with Gasteiger partial charge in [-0.15, -0.1) is 11.3 Å². The fourth-order valence-corrected chi connectivity index (χ4v) is 4.64. The van der Waals surface area contributed by atoms with Crippen molar-refractivity contribution in [3.05, 3.63) is 58.9 Å². The first kappa shape index (κ1) is 22.2. The van der Waals surface area contributed by atoms with E-state index < -0.39 is 18.4 Å². The zero-order valence-corrected chi connectivity index (χ0v) is 18.3. The predicted molar refractivity (Wildman–Crippen MR) is 117 cm³/mol. The lowest BCUT2D eigenvalue weighted by atomic mass is 9.88. The van der Waals surface area contributed by atoms with Crippen LogP contribution in [0.25, 0.3) is 10.6 Å². The van der Waals surface area contributed by atoms with Crippen molar-refractivity contribution >= 4 is 23.2 Å². The van der Waals surface area contributed by atoms with Crippen LogP contribution in [0.15, 0.2) is 42.7 Å². The zero-order valence-electron chi connectivity index (χ0n) is 17.5. The summed E-state index contributed by atoms with van der Waals surface area (Å²) in [5.41, 5.74) is 1.30. The summed E-state index contributed by atoms with van der Waals surface area (Å²) in [5, 5.41) is 16.7. The largest absolute Gasteiger partial charge is 0.393 e. The van der Waals surface area contributed by atoms with Gasteiger partial charge in [-0.25, -0.2) is 23.7 Å². The lowest BCUT2D eigenvalue weighted by Crippen LogP contribution is -2.25. The van der Waals surface area contributed by atoms with Crippen molar-refractivity contribution in [1.29, 1.82) is 0 Å². The van der Waals surface area contributed by atoms with E-state index in [9.17, 15) is 18.7 Å². The number of nitrogens with one attached hydrogen (secondary N) is 2. The van der Waals surface area contributed by atoms with E-state index in [2.05, 4.69) is 25.6 Å². The molecule has 2 aromatic heterocycles. The Morgan fingerprint density at radius 3 is 2.62 bits per heavy atom. The van der Waals surface area contributed by atoms with E-state index in [0.717, 1.165) is 15.4 Å². The molecule has 4 atom stereocenters. The Kier molecular flexibility index (Phi) is 6.43. The van der Waals surface area contributed by atoms with Crippen LogP contribution in [-0.4, -0.2) is 38.6 Å². The summed E-state index contributed by atoms with van der Waals surface area (Å²) in [6.07, 6.45) is 0.179. The van der Waals surface area contributed by atoms with Crippen molar-refractivity contribution < 1.29 is 18.7 Å². The van der Waals surface area contributed by atoms with E-state index in [-0.39, 0.29) is 23.4 Å². The molecule has 3 aromatic rings. The minimum atomic E-state index is -2.50. The first-order chi connectivity index (χ1) is 15.3. The number of thiazole rings is 1. The Bertz CT molecular complexity index is 1090. The molecule has 0 spiro atoms. The zero-order chi connectivity index (χ0) is 22.8. The van der Waals surface area contributed by atoms with Crippen molar-refractivity contribution in [2.24, 2.45) is 5.92 Å². The number of halogens is 2.